The Bertz CT molecular complexity index is 1050. The Balaban J connectivity index is 1.35. The van der Waals surface area contributed by atoms with Gasteiger partial charge in [-0.1, -0.05) is 12.8 Å². The van der Waals surface area contributed by atoms with E-state index in [1.165, 1.54) is 0 Å². The van der Waals surface area contributed by atoms with Crippen molar-refractivity contribution in [1.82, 2.24) is 15.5 Å². The topological polar surface area (TPSA) is 97.0 Å². The predicted molar refractivity (Wildman–Crippen MR) is 136 cm³/mol. The first-order valence-corrected chi connectivity index (χ1v) is 12.7. The maximum Gasteiger partial charge on any atom is 0.253 e. The summed E-state index contributed by atoms with van der Waals surface area (Å²) in [5.41, 5.74) is 1.15. The zero-order chi connectivity index (χ0) is 25.5. The molecule has 2 N–H and O–H groups in total. The van der Waals surface area contributed by atoms with Crippen molar-refractivity contribution in [2.75, 3.05) is 27.3 Å². The summed E-state index contributed by atoms with van der Waals surface area (Å²) in [7, 11) is 3.18. The Morgan fingerprint density at radius 2 is 1.31 bits per heavy atom. The van der Waals surface area contributed by atoms with Crippen LogP contribution in [0.2, 0.25) is 0 Å². The van der Waals surface area contributed by atoms with Gasteiger partial charge in [-0.3, -0.25) is 14.4 Å². The summed E-state index contributed by atoms with van der Waals surface area (Å²) >= 11 is 0. The zero-order valence-electron chi connectivity index (χ0n) is 21.0. The van der Waals surface area contributed by atoms with Crippen LogP contribution in [0.15, 0.2) is 48.5 Å². The van der Waals surface area contributed by atoms with Crippen LogP contribution in [0.5, 0.6) is 11.5 Å². The molecular formula is C28H35N3O5. The van der Waals surface area contributed by atoms with Crippen LogP contribution >= 0.6 is 0 Å². The summed E-state index contributed by atoms with van der Waals surface area (Å²) in [6.45, 7) is 1.03. The lowest BCUT2D eigenvalue weighted by molar-refractivity contribution is -0.127. The number of nitrogens with one attached hydrogen (secondary N) is 2. The Kier molecular flexibility index (Phi) is 8.46. The molecule has 3 atom stereocenters. The van der Waals surface area contributed by atoms with Crippen molar-refractivity contribution in [1.29, 1.82) is 0 Å². The molecule has 1 aliphatic carbocycles. The van der Waals surface area contributed by atoms with Crippen molar-refractivity contribution in [2.24, 2.45) is 5.92 Å². The van der Waals surface area contributed by atoms with E-state index in [2.05, 4.69) is 10.6 Å². The molecule has 1 heterocycles. The molecule has 3 amide bonds. The third kappa shape index (κ3) is 6.17. The minimum atomic E-state index is -0.263. The third-order valence-corrected chi connectivity index (χ3v) is 7.18. The largest absolute Gasteiger partial charge is 0.497 e. The molecule has 2 aromatic rings. The van der Waals surface area contributed by atoms with E-state index in [1.54, 1.807) is 67.7 Å². The number of carbonyl (C=O) groups excluding carboxylic acids is 3. The molecule has 8 heteroatoms. The van der Waals surface area contributed by atoms with Crippen molar-refractivity contribution in [3.8, 4) is 11.5 Å². The fourth-order valence-electron chi connectivity index (χ4n) is 5.06. The Hall–Kier alpha value is -3.55. The summed E-state index contributed by atoms with van der Waals surface area (Å²) in [4.78, 5) is 40.8. The highest BCUT2D eigenvalue weighted by Gasteiger charge is 2.33. The standard InChI is InChI=1S/C28H35N3O5/c1-35-22-13-9-19(10-14-22)26(32)29-24-7-3-4-8-25(24)30-27(33)21-6-5-17-31(18-21)28(34)20-11-15-23(36-2)16-12-20/h9-16,21,24-25H,3-8,17-18H2,1-2H3,(H,29,32)(H,30,33)/t21-,24+,25+/m0/s1. The number of likely N-dealkylation sites (tertiary alicyclic amines) is 1. The van der Waals surface area contributed by atoms with Crippen molar-refractivity contribution >= 4 is 17.7 Å². The summed E-state index contributed by atoms with van der Waals surface area (Å²) < 4.78 is 10.3. The fraction of sp³-hybridized carbons (Fsp3) is 0.464. The molecule has 1 saturated carbocycles. The number of rotatable bonds is 7. The lowest BCUT2D eigenvalue weighted by atomic mass is 9.88. The molecule has 0 radical (unpaired) electrons. The highest BCUT2D eigenvalue weighted by Crippen LogP contribution is 2.23. The molecule has 0 unspecified atom stereocenters. The van der Waals surface area contributed by atoms with Gasteiger partial charge in [0.25, 0.3) is 11.8 Å². The van der Waals surface area contributed by atoms with Crippen molar-refractivity contribution in [2.45, 2.75) is 50.6 Å². The monoisotopic (exact) mass is 493 g/mol. The van der Waals surface area contributed by atoms with Crippen molar-refractivity contribution in [3.05, 3.63) is 59.7 Å². The highest BCUT2D eigenvalue weighted by molar-refractivity contribution is 5.95. The van der Waals surface area contributed by atoms with E-state index in [-0.39, 0.29) is 35.7 Å². The van der Waals surface area contributed by atoms with E-state index < -0.39 is 0 Å². The van der Waals surface area contributed by atoms with Gasteiger partial charge in [-0.05, 0) is 74.2 Å². The van der Waals surface area contributed by atoms with Gasteiger partial charge < -0.3 is 25.0 Å². The number of methoxy groups -OCH3 is 2. The molecule has 192 valence electrons. The molecule has 1 aliphatic heterocycles. The molecule has 2 fully saturated rings. The molecule has 2 aliphatic rings. The van der Waals surface area contributed by atoms with Gasteiger partial charge in [0.2, 0.25) is 5.91 Å². The molecule has 0 spiro atoms. The van der Waals surface area contributed by atoms with Crippen LogP contribution < -0.4 is 20.1 Å². The number of benzene rings is 2. The molecule has 36 heavy (non-hydrogen) atoms. The molecule has 2 aromatic carbocycles. The van der Waals surface area contributed by atoms with Gasteiger partial charge in [0, 0.05) is 36.3 Å². The third-order valence-electron chi connectivity index (χ3n) is 7.18. The normalized spacial score (nSPS) is 21.8. The van der Waals surface area contributed by atoms with Crippen LogP contribution in [-0.2, 0) is 4.79 Å². The van der Waals surface area contributed by atoms with Gasteiger partial charge in [-0.2, -0.15) is 0 Å². The predicted octanol–water partition coefficient (Wildman–Crippen LogP) is 3.41. The lowest BCUT2D eigenvalue weighted by Gasteiger charge is -2.36. The molecular weight excluding hydrogens is 458 g/mol. The van der Waals surface area contributed by atoms with Gasteiger partial charge >= 0.3 is 0 Å². The van der Waals surface area contributed by atoms with Crippen molar-refractivity contribution < 1.29 is 23.9 Å². The van der Waals surface area contributed by atoms with E-state index in [0.717, 1.165) is 38.5 Å². The molecule has 8 nitrogen and oxygen atoms in total. The van der Waals surface area contributed by atoms with Gasteiger partial charge in [0.15, 0.2) is 0 Å². The number of amides is 3. The Morgan fingerprint density at radius 3 is 1.89 bits per heavy atom. The van der Waals surface area contributed by atoms with Gasteiger partial charge in [-0.15, -0.1) is 0 Å². The first-order valence-electron chi connectivity index (χ1n) is 12.7. The van der Waals surface area contributed by atoms with E-state index in [4.69, 9.17) is 9.47 Å². The van der Waals surface area contributed by atoms with Crippen LogP contribution in [0.25, 0.3) is 0 Å². The van der Waals surface area contributed by atoms with Crippen molar-refractivity contribution in [3.63, 3.8) is 0 Å². The lowest BCUT2D eigenvalue weighted by Crippen LogP contribution is -2.55. The smallest absolute Gasteiger partial charge is 0.253 e. The van der Waals surface area contributed by atoms with E-state index in [9.17, 15) is 14.4 Å². The fourth-order valence-corrected chi connectivity index (χ4v) is 5.06. The molecule has 0 aromatic heterocycles. The first kappa shape index (κ1) is 25.5. The van der Waals surface area contributed by atoms with Crippen LogP contribution in [0.3, 0.4) is 0 Å². The number of nitrogens with zero attached hydrogens (tertiary/aromatic N) is 1. The zero-order valence-corrected chi connectivity index (χ0v) is 21.0. The van der Waals surface area contributed by atoms with E-state index in [1.807, 2.05) is 0 Å². The highest BCUT2D eigenvalue weighted by atomic mass is 16.5. The first-order chi connectivity index (χ1) is 17.5. The Morgan fingerprint density at radius 1 is 0.750 bits per heavy atom. The van der Waals surface area contributed by atoms with Crippen LogP contribution in [-0.4, -0.2) is 62.0 Å². The molecule has 4 rings (SSSR count). The summed E-state index contributed by atoms with van der Waals surface area (Å²) in [5, 5.41) is 6.32. The maximum atomic E-state index is 13.2. The number of hydrogen-bond acceptors (Lipinski definition) is 5. The number of carbonyl (C=O) groups is 3. The average molecular weight is 494 g/mol. The second-order valence-corrected chi connectivity index (χ2v) is 9.53. The molecule has 0 bridgehead atoms. The van der Waals surface area contributed by atoms with Crippen LogP contribution in [0.4, 0.5) is 0 Å². The Labute approximate surface area is 212 Å². The second kappa shape index (κ2) is 11.9. The van der Waals surface area contributed by atoms with Crippen LogP contribution in [0.1, 0.15) is 59.2 Å². The minimum absolute atomic E-state index is 0.0437. The number of piperidine rings is 1. The quantitative estimate of drug-likeness (QED) is 0.616. The summed E-state index contributed by atoms with van der Waals surface area (Å²) in [5.74, 6) is 0.860. The second-order valence-electron chi connectivity index (χ2n) is 9.53. The minimum Gasteiger partial charge on any atom is -0.497 e. The van der Waals surface area contributed by atoms with Crippen LogP contribution in [0, 0.1) is 5.92 Å². The van der Waals surface area contributed by atoms with Gasteiger partial charge in [0.1, 0.15) is 11.5 Å². The van der Waals surface area contributed by atoms with E-state index >= 15 is 0 Å². The SMILES string of the molecule is COc1ccc(C(=O)N[C@@H]2CCCC[C@H]2NC(=O)[C@H]2CCCN(C(=O)c3ccc(OC)cc3)C2)cc1. The number of ether oxygens (including phenoxy) is 2. The molecule has 1 saturated heterocycles. The average Bonchev–Trinajstić information content (AvgIpc) is 2.93. The van der Waals surface area contributed by atoms with E-state index in [0.29, 0.717) is 35.7 Å². The van der Waals surface area contributed by atoms with Gasteiger partial charge in [-0.25, -0.2) is 0 Å². The summed E-state index contributed by atoms with van der Waals surface area (Å²) in [6.07, 6.45) is 5.18. The van der Waals surface area contributed by atoms with Gasteiger partial charge in [0.05, 0.1) is 20.1 Å². The summed E-state index contributed by atoms with van der Waals surface area (Å²) in [6, 6.07) is 13.8. The maximum absolute atomic E-state index is 13.2. The number of hydrogen-bond donors (Lipinski definition) is 2.